The van der Waals surface area contributed by atoms with Crippen LogP contribution in [0.15, 0.2) is 29.2 Å². The lowest BCUT2D eigenvalue weighted by atomic mass is 10.2. The SMILES string of the molecule is NCc1ccc(S(=O)(=O)Cl)cc1. The van der Waals surface area contributed by atoms with E-state index in [-0.39, 0.29) is 4.90 Å². The summed E-state index contributed by atoms with van der Waals surface area (Å²) in [6.07, 6.45) is 0. The number of halogens is 1. The second-order valence-corrected chi connectivity index (χ2v) is 4.85. The van der Waals surface area contributed by atoms with Gasteiger partial charge < -0.3 is 5.73 Å². The van der Waals surface area contributed by atoms with Gasteiger partial charge in [0.05, 0.1) is 4.90 Å². The Labute approximate surface area is 75.6 Å². The summed E-state index contributed by atoms with van der Waals surface area (Å²) in [5, 5.41) is 0. The van der Waals surface area contributed by atoms with Crippen LogP contribution in [0, 0.1) is 0 Å². The van der Waals surface area contributed by atoms with Gasteiger partial charge in [-0.25, -0.2) is 8.42 Å². The summed E-state index contributed by atoms with van der Waals surface area (Å²) in [5.41, 5.74) is 6.20. The monoisotopic (exact) mass is 205 g/mol. The number of hydrogen-bond acceptors (Lipinski definition) is 3. The fourth-order valence-electron chi connectivity index (χ4n) is 0.788. The lowest BCUT2D eigenvalue weighted by Crippen LogP contribution is -1.97. The van der Waals surface area contributed by atoms with E-state index in [1.807, 2.05) is 0 Å². The molecule has 0 spiro atoms. The van der Waals surface area contributed by atoms with Gasteiger partial charge in [0.2, 0.25) is 0 Å². The zero-order valence-electron chi connectivity index (χ0n) is 6.20. The predicted molar refractivity (Wildman–Crippen MR) is 47.4 cm³/mol. The van der Waals surface area contributed by atoms with Gasteiger partial charge in [-0.3, -0.25) is 0 Å². The first kappa shape index (κ1) is 9.51. The van der Waals surface area contributed by atoms with Gasteiger partial charge in [0.1, 0.15) is 0 Å². The topological polar surface area (TPSA) is 60.2 Å². The summed E-state index contributed by atoms with van der Waals surface area (Å²) in [4.78, 5) is 0.0985. The zero-order valence-corrected chi connectivity index (χ0v) is 7.77. The molecule has 0 fully saturated rings. The van der Waals surface area contributed by atoms with E-state index < -0.39 is 9.05 Å². The van der Waals surface area contributed by atoms with Crippen molar-refractivity contribution in [1.82, 2.24) is 0 Å². The van der Waals surface area contributed by atoms with E-state index in [0.717, 1.165) is 5.56 Å². The molecule has 1 aromatic rings. The molecule has 1 aromatic carbocycles. The van der Waals surface area contributed by atoms with Crippen molar-refractivity contribution in [3.8, 4) is 0 Å². The van der Waals surface area contributed by atoms with Crippen LogP contribution in [0.3, 0.4) is 0 Å². The minimum atomic E-state index is -3.60. The number of hydrogen-bond donors (Lipinski definition) is 1. The largest absolute Gasteiger partial charge is 0.326 e. The fraction of sp³-hybridized carbons (Fsp3) is 0.143. The van der Waals surface area contributed by atoms with E-state index in [4.69, 9.17) is 16.4 Å². The van der Waals surface area contributed by atoms with Crippen molar-refractivity contribution in [2.75, 3.05) is 0 Å². The third kappa shape index (κ3) is 2.20. The highest BCUT2D eigenvalue weighted by atomic mass is 35.7. The molecule has 2 N–H and O–H groups in total. The molecule has 0 aromatic heterocycles. The van der Waals surface area contributed by atoms with Crippen molar-refractivity contribution in [2.24, 2.45) is 5.73 Å². The Balaban J connectivity index is 3.09. The molecule has 66 valence electrons. The van der Waals surface area contributed by atoms with Gasteiger partial charge in [0.15, 0.2) is 0 Å². The molecular weight excluding hydrogens is 198 g/mol. The maximum atomic E-state index is 10.8. The van der Waals surface area contributed by atoms with Crippen LogP contribution in [0.25, 0.3) is 0 Å². The first-order valence-corrected chi connectivity index (χ1v) is 5.58. The molecule has 0 radical (unpaired) electrons. The van der Waals surface area contributed by atoms with Gasteiger partial charge in [0.25, 0.3) is 9.05 Å². The Kier molecular flexibility index (Phi) is 2.72. The second-order valence-electron chi connectivity index (χ2n) is 2.29. The van der Waals surface area contributed by atoms with Crippen LogP contribution < -0.4 is 5.73 Å². The number of benzene rings is 1. The molecule has 3 nitrogen and oxygen atoms in total. The third-order valence-corrected chi connectivity index (χ3v) is 2.81. The second kappa shape index (κ2) is 3.43. The maximum absolute atomic E-state index is 10.8. The fourth-order valence-corrected chi connectivity index (χ4v) is 1.56. The van der Waals surface area contributed by atoms with Crippen molar-refractivity contribution >= 4 is 19.7 Å². The number of nitrogens with two attached hydrogens (primary N) is 1. The Morgan fingerprint density at radius 1 is 1.25 bits per heavy atom. The van der Waals surface area contributed by atoms with Crippen LogP contribution >= 0.6 is 10.7 Å². The van der Waals surface area contributed by atoms with E-state index in [1.54, 1.807) is 12.1 Å². The van der Waals surface area contributed by atoms with Gasteiger partial charge in [0, 0.05) is 17.2 Å². The highest BCUT2D eigenvalue weighted by Gasteiger charge is 2.07. The molecule has 0 saturated carbocycles. The Hall–Kier alpha value is -0.580. The maximum Gasteiger partial charge on any atom is 0.261 e. The molecule has 5 heteroatoms. The third-order valence-electron chi connectivity index (χ3n) is 1.44. The number of rotatable bonds is 2. The van der Waals surface area contributed by atoms with Crippen LogP contribution in [0.5, 0.6) is 0 Å². The molecule has 0 heterocycles. The molecule has 0 aliphatic rings. The lowest BCUT2D eigenvalue weighted by Gasteiger charge is -1.97. The van der Waals surface area contributed by atoms with Crippen LogP contribution in [0.1, 0.15) is 5.56 Å². The average molecular weight is 206 g/mol. The van der Waals surface area contributed by atoms with E-state index in [0.29, 0.717) is 6.54 Å². The summed E-state index contributed by atoms with van der Waals surface area (Å²) in [6.45, 7) is 0.391. The van der Waals surface area contributed by atoms with Gasteiger partial charge in [-0.15, -0.1) is 0 Å². The average Bonchev–Trinajstić information content (AvgIpc) is 2.03. The van der Waals surface area contributed by atoms with Crippen molar-refractivity contribution in [3.05, 3.63) is 29.8 Å². The quantitative estimate of drug-likeness (QED) is 0.735. The standard InChI is InChI=1S/C7H8ClNO2S/c8-12(10,11)7-3-1-6(5-9)2-4-7/h1-4H,5,9H2. The summed E-state index contributed by atoms with van der Waals surface area (Å²) >= 11 is 0. The highest BCUT2D eigenvalue weighted by Crippen LogP contribution is 2.14. The van der Waals surface area contributed by atoms with Gasteiger partial charge >= 0.3 is 0 Å². The summed E-state index contributed by atoms with van der Waals surface area (Å²) < 4.78 is 21.5. The van der Waals surface area contributed by atoms with Gasteiger partial charge in [-0.05, 0) is 17.7 Å². The van der Waals surface area contributed by atoms with E-state index >= 15 is 0 Å². The van der Waals surface area contributed by atoms with Crippen molar-refractivity contribution < 1.29 is 8.42 Å². The molecule has 0 saturated heterocycles. The summed E-state index contributed by atoms with van der Waals surface area (Å²) in [5.74, 6) is 0. The molecular formula is C7H8ClNO2S. The molecule has 0 bridgehead atoms. The summed E-state index contributed by atoms with van der Waals surface area (Å²) in [6, 6.07) is 6.14. The Morgan fingerprint density at radius 2 is 1.75 bits per heavy atom. The normalized spacial score (nSPS) is 11.5. The summed E-state index contributed by atoms with van der Waals surface area (Å²) in [7, 11) is 1.50. The zero-order chi connectivity index (χ0) is 9.19. The lowest BCUT2D eigenvalue weighted by molar-refractivity contribution is 0.609. The predicted octanol–water partition coefficient (Wildman–Crippen LogP) is 1.07. The van der Waals surface area contributed by atoms with Crippen LogP contribution in [-0.2, 0) is 15.6 Å². The van der Waals surface area contributed by atoms with E-state index in [1.165, 1.54) is 12.1 Å². The molecule has 0 atom stereocenters. The smallest absolute Gasteiger partial charge is 0.261 e. The molecule has 0 amide bonds. The van der Waals surface area contributed by atoms with Gasteiger partial charge in [-0.1, -0.05) is 12.1 Å². The minimum absolute atomic E-state index is 0.0985. The van der Waals surface area contributed by atoms with Crippen molar-refractivity contribution in [2.45, 2.75) is 11.4 Å². The molecule has 12 heavy (non-hydrogen) atoms. The highest BCUT2D eigenvalue weighted by molar-refractivity contribution is 8.13. The van der Waals surface area contributed by atoms with Crippen LogP contribution in [0.4, 0.5) is 0 Å². The Bertz CT molecular complexity index is 357. The van der Waals surface area contributed by atoms with Crippen molar-refractivity contribution in [1.29, 1.82) is 0 Å². The van der Waals surface area contributed by atoms with E-state index in [2.05, 4.69) is 0 Å². The first-order chi connectivity index (χ1) is 5.54. The van der Waals surface area contributed by atoms with Crippen LogP contribution in [-0.4, -0.2) is 8.42 Å². The molecule has 0 aliphatic heterocycles. The Morgan fingerprint density at radius 3 is 2.08 bits per heavy atom. The van der Waals surface area contributed by atoms with Crippen LogP contribution in [0.2, 0.25) is 0 Å². The van der Waals surface area contributed by atoms with E-state index in [9.17, 15) is 8.42 Å². The molecule has 0 unspecified atom stereocenters. The van der Waals surface area contributed by atoms with Gasteiger partial charge in [-0.2, -0.15) is 0 Å². The molecule has 1 rings (SSSR count). The minimum Gasteiger partial charge on any atom is -0.326 e. The van der Waals surface area contributed by atoms with Crippen molar-refractivity contribution in [3.63, 3.8) is 0 Å². The molecule has 0 aliphatic carbocycles. The first-order valence-electron chi connectivity index (χ1n) is 3.27.